The van der Waals surface area contributed by atoms with Crippen molar-refractivity contribution in [1.29, 1.82) is 0 Å². The van der Waals surface area contributed by atoms with Crippen molar-refractivity contribution >= 4 is 33.2 Å². The molecule has 2 aromatic carbocycles. The van der Waals surface area contributed by atoms with Crippen molar-refractivity contribution in [1.82, 2.24) is 4.72 Å². The van der Waals surface area contributed by atoms with E-state index >= 15 is 0 Å². The molecule has 0 saturated heterocycles. The first-order valence-electron chi connectivity index (χ1n) is 7.26. The largest absolute Gasteiger partial charge is 0.495 e. The molecule has 0 aliphatic rings. The molecule has 1 unspecified atom stereocenters. The number of methoxy groups -OCH3 is 1. The lowest BCUT2D eigenvalue weighted by molar-refractivity contribution is -0.117. The second kappa shape index (κ2) is 7.98. The lowest BCUT2D eigenvalue weighted by atomic mass is 10.2. The molecule has 0 aliphatic heterocycles. The summed E-state index contributed by atoms with van der Waals surface area (Å²) in [6.45, 7) is 1.28. The SMILES string of the molecule is COc1ccc(S(=O)(=O)NC(C)C(=O)Nc2ccc(F)cc2F)cc1Cl. The lowest BCUT2D eigenvalue weighted by Gasteiger charge is -2.15. The van der Waals surface area contributed by atoms with Crippen molar-refractivity contribution in [2.24, 2.45) is 0 Å². The average molecular weight is 405 g/mol. The van der Waals surface area contributed by atoms with E-state index in [0.717, 1.165) is 12.1 Å². The third-order valence-corrected chi connectivity index (χ3v) is 5.18. The van der Waals surface area contributed by atoms with Gasteiger partial charge in [0.05, 0.1) is 28.8 Å². The number of carbonyl (C=O) groups is 1. The number of benzene rings is 2. The molecule has 0 fully saturated rings. The van der Waals surface area contributed by atoms with Gasteiger partial charge in [-0.05, 0) is 37.3 Å². The van der Waals surface area contributed by atoms with Crippen molar-refractivity contribution in [3.8, 4) is 5.75 Å². The van der Waals surface area contributed by atoms with Gasteiger partial charge in [-0.3, -0.25) is 4.79 Å². The molecule has 0 bridgehead atoms. The Morgan fingerprint density at radius 1 is 1.19 bits per heavy atom. The fraction of sp³-hybridized carbons (Fsp3) is 0.188. The monoisotopic (exact) mass is 404 g/mol. The molecule has 0 aliphatic carbocycles. The van der Waals surface area contributed by atoms with Gasteiger partial charge < -0.3 is 10.1 Å². The van der Waals surface area contributed by atoms with E-state index in [1.165, 1.54) is 32.2 Å². The normalized spacial score (nSPS) is 12.5. The fourth-order valence-corrected chi connectivity index (χ4v) is 3.55. The molecule has 0 heterocycles. The number of ether oxygens (including phenoxy) is 1. The molecule has 140 valence electrons. The quantitative estimate of drug-likeness (QED) is 0.775. The standard InChI is InChI=1S/C16H15ClF2N2O4S/c1-9(16(22)20-14-5-3-10(18)7-13(14)19)21-26(23,24)11-4-6-15(25-2)12(17)8-11/h3-9,21H,1-2H3,(H,20,22). The summed E-state index contributed by atoms with van der Waals surface area (Å²) < 4.78 is 58.2. The minimum Gasteiger partial charge on any atom is -0.495 e. The van der Waals surface area contributed by atoms with E-state index in [9.17, 15) is 22.0 Å². The molecule has 10 heteroatoms. The smallest absolute Gasteiger partial charge is 0.242 e. The van der Waals surface area contributed by atoms with E-state index in [1.54, 1.807) is 0 Å². The third-order valence-electron chi connectivity index (χ3n) is 3.35. The summed E-state index contributed by atoms with van der Waals surface area (Å²) in [7, 11) is -2.68. The number of carbonyl (C=O) groups excluding carboxylic acids is 1. The first-order chi connectivity index (χ1) is 12.1. The van der Waals surface area contributed by atoms with Crippen LogP contribution in [0.15, 0.2) is 41.3 Å². The van der Waals surface area contributed by atoms with E-state index in [2.05, 4.69) is 10.0 Å². The van der Waals surface area contributed by atoms with Gasteiger partial charge in [-0.1, -0.05) is 11.6 Å². The van der Waals surface area contributed by atoms with Crippen LogP contribution in [-0.2, 0) is 14.8 Å². The number of hydrogen-bond donors (Lipinski definition) is 2. The molecule has 0 saturated carbocycles. The lowest BCUT2D eigenvalue weighted by Crippen LogP contribution is -2.41. The summed E-state index contributed by atoms with van der Waals surface area (Å²) >= 11 is 5.90. The Labute approximate surface area is 154 Å². The molecule has 1 atom stereocenters. The van der Waals surface area contributed by atoms with Crippen LogP contribution in [0.5, 0.6) is 5.75 Å². The van der Waals surface area contributed by atoms with Crippen LogP contribution < -0.4 is 14.8 Å². The van der Waals surface area contributed by atoms with Crippen LogP contribution in [-0.4, -0.2) is 27.5 Å². The molecule has 2 rings (SSSR count). The van der Waals surface area contributed by atoms with Gasteiger partial charge >= 0.3 is 0 Å². The van der Waals surface area contributed by atoms with E-state index in [-0.39, 0.29) is 15.6 Å². The number of hydrogen-bond acceptors (Lipinski definition) is 4. The highest BCUT2D eigenvalue weighted by molar-refractivity contribution is 7.89. The van der Waals surface area contributed by atoms with Gasteiger partial charge in [0, 0.05) is 6.07 Å². The van der Waals surface area contributed by atoms with Crippen molar-refractivity contribution in [3.05, 3.63) is 53.1 Å². The number of anilines is 1. The Balaban J connectivity index is 2.13. The van der Waals surface area contributed by atoms with Crippen LogP contribution in [0.1, 0.15) is 6.92 Å². The van der Waals surface area contributed by atoms with Crippen LogP contribution in [0.2, 0.25) is 5.02 Å². The van der Waals surface area contributed by atoms with Crippen molar-refractivity contribution in [3.63, 3.8) is 0 Å². The van der Waals surface area contributed by atoms with Gasteiger partial charge in [0.25, 0.3) is 0 Å². The fourth-order valence-electron chi connectivity index (χ4n) is 2.00. The Kier molecular flexibility index (Phi) is 6.17. The maximum absolute atomic E-state index is 13.6. The second-order valence-electron chi connectivity index (χ2n) is 5.25. The molecule has 2 N–H and O–H groups in total. The third kappa shape index (κ3) is 4.69. The summed E-state index contributed by atoms with van der Waals surface area (Å²) in [6.07, 6.45) is 0. The molecular weight excluding hydrogens is 390 g/mol. The Hall–Kier alpha value is -2.23. The van der Waals surface area contributed by atoms with Gasteiger partial charge in [-0.25, -0.2) is 17.2 Å². The highest BCUT2D eigenvalue weighted by Crippen LogP contribution is 2.27. The zero-order valence-electron chi connectivity index (χ0n) is 13.7. The molecule has 26 heavy (non-hydrogen) atoms. The summed E-state index contributed by atoms with van der Waals surface area (Å²) in [6, 6.07) is 5.18. The minimum atomic E-state index is -4.07. The predicted octanol–water partition coefficient (Wildman–Crippen LogP) is 2.93. The maximum Gasteiger partial charge on any atom is 0.242 e. The molecule has 0 aromatic heterocycles. The summed E-state index contributed by atoms with van der Waals surface area (Å²) in [4.78, 5) is 11.9. The number of nitrogens with one attached hydrogen (secondary N) is 2. The number of rotatable bonds is 6. The van der Waals surface area contributed by atoms with E-state index in [1.807, 2.05) is 0 Å². The number of sulfonamides is 1. The molecule has 2 aromatic rings. The van der Waals surface area contributed by atoms with E-state index in [4.69, 9.17) is 16.3 Å². The predicted molar refractivity (Wildman–Crippen MR) is 92.8 cm³/mol. The van der Waals surface area contributed by atoms with Crippen LogP contribution in [0, 0.1) is 11.6 Å². The summed E-state index contributed by atoms with van der Waals surface area (Å²) in [5.41, 5.74) is -0.269. The van der Waals surface area contributed by atoms with Crippen LogP contribution >= 0.6 is 11.6 Å². The van der Waals surface area contributed by atoms with Crippen LogP contribution in [0.3, 0.4) is 0 Å². The van der Waals surface area contributed by atoms with Crippen molar-refractivity contribution < 1.29 is 26.7 Å². The van der Waals surface area contributed by atoms with Gasteiger partial charge in [-0.15, -0.1) is 0 Å². The van der Waals surface area contributed by atoms with E-state index in [0.29, 0.717) is 11.8 Å². The number of halogens is 3. The molecule has 6 nitrogen and oxygen atoms in total. The van der Waals surface area contributed by atoms with Crippen LogP contribution in [0.4, 0.5) is 14.5 Å². The minimum absolute atomic E-state index is 0.0841. The second-order valence-corrected chi connectivity index (χ2v) is 7.37. The van der Waals surface area contributed by atoms with Gasteiger partial charge in [-0.2, -0.15) is 4.72 Å². The Bertz CT molecular complexity index is 938. The first kappa shape index (κ1) is 20.1. The average Bonchev–Trinajstić information content (AvgIpc) is 2.56. The zero-order valence-corrected chi connectivity index (χ0v) is 15.3. The Morgan fingerprint density at radius 2 is 1.88 bits per heavy atom. The van der Waals surface area contributed by atoms with Gasteiger partial charge in [0.2, 0.25) is 15.9 Å². The molecule has 0 spiro atoms. The Morgan fingerprint density at radius 3 is 2.46 bits per heavy atom. The topological polar surface area (TPSA) is 84.5 Å². The zero-order chi connectivity index (χ0) is 19.5. The summed E-state index contributed by atoms with van der Waals surface area (Å²) in [5.74, 6) is -2.30. The van der Waals surface area contributed by atoms with Gasteiger partial charge in [0.1, 0.15) is 17.4 Å². The van der Waals surface area contributed by atoms with E-state index < -0.39 is 33.6 Å². The van der Waals surface area contributed by atoms with Gasteiger partial charge in [0.15, 0.2) is 0 Å². The highest BCUT2D eigenvalue weighted by Gasteiger charge is 2.23. The first-order valence-corrected chi connectivity index (χ1v) is 9.12. The number of amides is 1. The molecular formula is C16H15ClF2N2O4S. The highest BCUT2D eigenvalue weighted by atomic mass is 35.5. The molecule has 1 amide bonds. The summed E-state index contributed by atoms with van der Waals surface area (Å²) in [5, 5.41) is 2.27. The van der Waals surface area contributed by atoms with Crippen LogP contribution in [0.25, 0.3) is 0 Å². The van der Waals surface area contributed by atoms with Crippen molar-refractivity contribution in [2.75, 3.05) is 12.4 Å². The molecule has 0 radical (unpaired) electrons. The van der Waals surface area contributed by atoms with Crippen molar-refractivity contribution in [2.45, 2.75) is 17.9 Å². The maximum atomic E-state index is 13.6.